The van der Waals surface area contributed by atoms with E-state index in [-0.39, 0.29) is 5.75 Å². The Morgan fingerprint density at radius 1 is 1.09 bits per heavy atom. The van der Waals surface area contributed by atoms with E-state index in [0.717, 1.165) is 22.2 Å². The summed E-state index contributed by atoms with van der Waals surface area (Å²) in [6.45, 7) is 0. The molecule has 0 amide bonds. The zero-order valence-electron chi connectivity index (χ0n) is 12.4. The smallest absolute Gasteiger partial charge is 0.181 e. The van der Waals surface area contributed by atoms with Crippen molar-refractivity contribution >= 4 is 10.9 Å². The maximum absolute atomic E-state index is 9.67. The van der Waals surface area contributed by atoms with Crippen LogP contribution in [0.25, 0.3) is 33.8 Å². The molecule has 0 saturated heterocycles. The van der Waals surface area contributed by atoms with Gasteiger partial charge in [0.1, 0.15) is 0 Å². The normalized spacial score (nSPS) is 11.0. The Labute approximate surface area is 131 Å². The number of rotatable bonds is 3. The van der Waals surface area contributed by atoms with Crippen LogP contribution in [0, 0.1) is 0 Å². The van der Waals surface area contributed by atoms with Crippen LogP contribution < -0.4 is 4.74 Å². The van der Waals surface area contributed by atoms with Crippen LogP contribution in [0.4, 0.5) is 0 Å². The standard InChI is InChI=1S/C17H14N4O2/c1-23-15-9-11(6-7-14(15)22)16-19-17(21-20-16)13-8-10-4-2-3-5-12(10)18-13/h2-9,18,22H,1H3,(H,19,20,21). The number of aromatic amines is 2. The molecule has 23 heavy (non-hydrogen) atoms. The molecular formula is C17H14N4O2. The minimum atomic E-state index is 0.0858. The van der Waals surface area contributed by atoms with E-state index in [4.69, 9.17) is 4.74 Å². The minimum Gasteiger partial charge on any atom is -0.504 e. The summed E-state index contributed by atoms with van der Waals surface area (Å²) in [4.78, 5) is 7.83. The number of aromatic hydroxyl groups is 1. The quantitative estimate of drug-likeness (QED) is 0.542. The molecule has 4 rings (SSSR count). The highest BCUT2D eigenvalue weighted by molar-refractivity contribution is 5.84. The first-order chi connectivity index (χ1) is 11.2. The molecule has 0 atom stereocenters. The van der Waals surface area contributed by atoms with Gasteiger partial charge in [0.2, 0.25) is 0 Å². The van der Waals surface area contributed by atoms with Gasteiger partial charge in [-0.05, 0) is 30.3 Å². The van der Waals surface area contributed by atoms with Crippen molar-refractivity contribution in [1.29, 1.82) is 0 Å². The van der Waals surface area contributed by atoms with E-state index in [1.165, 1.54) is 7.11 Å². The molecule has 6 nitrogen and oxygen atoms in total. The molecule has 2 aromatic carbocycles. The van der Waals surface area contributed by atoms with Crippen molar-refractivity contribution in [3.63, 3.8) is 0 Å². The number of methoxy groups -OCH3 is 1. The number of aromatic nitrogens is 4. The van der Waals surface area contributed by atoms with E-state index in [2.05, 4.69) is 20.2 Å². The highest BCUT2D eigenvalue weighted by Crippen LogP contribution is 2.30. The number of nitrogens with one attached hydrogen (secondary N) is 2. The van der Waals surface area contributed by atoms with Crippen LogP contribution in [0.15, 0.2) is 48.5 Å². The summed E-state index contributed by atoms with van der Waals surface area (Å²) < 4.78 is 5.12. The number of ether oxygens (including phenoxy) is 1. The van der Waals surface area contributed by atoms with Crippen LogP contribution in [0.5, 0.6) is 11.5 Å². The number of phenolic OH excluding ortho intramolecular Hbond substituents is 1. The Morgan fingerprint density at radius 3 is 2.78 bits per heavy atom. The van der Waals surface area contributed by atoms with Gasteiger partial charge >= 0.3 is 0 Å². The number of hydrogen-bond donors (Lipinski definition) is 3. The topological polar surface area (TPSA) is 86.8 Å². The zero-order valence-corrected chi connectivity index (χ0v) is 12.4. The Kier molecular flexibility index (Phi) is 3.01. The van der Waals surface area contributed by atoms with Crippen LogP contribution in [0.1, 0.15) is 0 Å². The Morgan fingerprint density at radius 2 is 1.96 bits per heavy atom. The second-order valence-electron chi connectivity index (χ2n) is 5.16. The van der Waals surface area contributed by atoms with Crippen LogP contribution in [-0.2, 0) is 0 Å². The monoisotopic (exact) mass is 306 g/mol. The molecule has 0 aliphatic heterocycles. The number of hydrogen-bond acceptors (Lipinski definition) is 4. The lowest BCUT2D eigenvalue weighted by Crippen LogP contribution is -1.86. The van der Waals surface area contributed by atoms with Gasteiger partial charge in [-0.15, -0.1) is 0 Å². The predicted molar refractivity (Wildman–Crippen MR) is 87.3 cm³/mol. The molecule has 4 aromatic rings. The summed E-state index contributed by atoms with van der Waals surface area (Å²) in [6, 6.07) is 15.1. The van der Waals surface area contributed by atoms with E-state index >= 15 is 0 Å². The van der Waals surface area contributed by atoms with Gasteiger partial charge in [0.25, 0.3) is 0 Å². The van der Waals surface area contributed by atoms with E-state index in [9.17, 15) is 5.11 Å². The summed E-state index contributed by atoms with van der Waals surface area (Å²) in [5.41, 5.74) is 2.68. The lowest BCUT2D eigenvalue weighted by Gasteiger charge is -2.03. The molecule has 0 saturated carbocycles. The number of benzene rings is 2. The molecule has 0 aliphatic carbocycles. The molecule has 0 radical (unpaired) electrons. The molecule has 6 heteroatoms. The third kappa shape index (κ3) is 2.30. The third-order valence-corrected chi connectivity index (χ3v) is 3.71. The summed E-state index contributed by atoms with van der Waals surface area (Å²) in [5.74, 6) is 1.67. The number of H-pyrrole nitrogens is 2. The molecule has 0 aliphatic rings. The van der Waals surface area contributed by atoms with E-state index in [1.807, 2.05) is 30.3 Å². The van der Waals surface area contributed by atoms with E-state index < -0.39 is 0 Å². The summed E-state index contributed by atoms with van der Waals surface area (Å²) >= 11 is 0. The van der Waals surface area contributed by atoms with Crippen LogP contribution in [0.2, 0.25) is 0 Å². The predicted octanol–water partition coefficient (Wildman–Crippen LogP) is 3.33. The lowest BCUT2D eigenvalue weighted by molar-refractivity contribution is 0.373. The average Bonchev–Trinajstić information content (AvgIpc) is 3.21. The molecule has 0 fully saturated rings. The number of nitrogens with zero attached hydrogens (tertiary/aromatic N) is 2. The molecule has 0 spiro atoms. The van der Waals surface area contributed by atoms with Crippen molar-refractivity contribution in [2.45, 2.75) is 0 Å². The molecule has 0 unspecified atom stereocenters. The first-order valence-corrected chi connectivity index (χ1v) is 7.12. The van der Waals surface area contributed by atoms with Crippen LogP contribution in [0.3, 0.4) is 0 Å². The fraction of sp³-hybridized carbons (Fsp3) is 0.0588. The fourth-order valence-corrected chi connectivity index (χ4v) is 2.53. The van der Waals surface area contributed by atoms with Gasteiger partial charge in [-0.3, -0.25) is 5.10 Å². The molecule has 2 heterocycles. The van der Waals surface area contributed by atoms with Gasteiger partial charge in [0.15, 0.2) is 23.1 Å². The fourth-order valence-electron chi connectivity index (χ4n) is 2.53. The molecule has 2 aromatic heterocycles. The van der Waals surface area contributed by atoms with E-state index in [1.54, 1.807) is 18.2 Å². The lowest BCUT2D eigenvalue weighted by atomic mass is 10.2. The molecule has 3 N–H and O–H groups in total. The second kappa shape index (κ2) is 5.17. The largest absolute Gasteiger partial charge is 0.504 e. The molecular weight excluding hydrogens is 292 g/mol. The number of para-hydroxylation sites is 1. The van der Waals surface area contributed by atoms with Crippen LogP contribution in [-0.4, -0.2) is 32.4 Å². The average molecular weight is 306 g/mol. The highest BCUT2D eigenvalue weighted by Gasteiger charge is 2.12. The zero-order chi connectivity index (χ0) is 15.8. The SMILES string of the molecule is COc1cc(-c2n[nH]c(-c3cc4ccccc4[nH]3)n2)ccc1O. The number of fused-ring (bicyclic) bond motifs is 1. The van der Waals surface area contributed by atoms with Gasteiger partial charge in [-0.1, -0.05) is 18.2 Å². The van der Waals surface area contributed by atoms with Gasteiger partial charge in [-0.25, -0.2) is 4.98 Å². The maximum Gasteiger partial charge on any atom is 0.181 e. The Bertz CT molecular complexity index is 954. The van der Waals surface area contributed by atoms with Crippen molar-refractivity contribution in [3.05, 3.63) is 48.5 Å². The third-order valence-electron chi connectivity index (χ3n) is 3.71. The van der Waals surface area contributed by atoms with Crippen molar-refractivity contribution < 1.29 is 9.84 Å². The summed E-state index contributed by atoms with van der Waals surface area (Å²) in [7, 11) is 1.51. The molecule has 0 bridgehead atoms. The second-order valence-corrected chi connectivity index (χ2v) is 5.16. The van der Waals surface area contributed by atoms with Gasteiger partial charge in [0.05, 0.1) is 12.8 Å². The highest BCUT2D eigenvalue weighted by atomic mass is 16.5. The van der Waals surface area contributed by atoms with Crippen molar-refractivity contribution in [2.24, 2.45) is 0 Å². The summed E-state index contributed by atoms with van der Waals surface area (Å²) in [6.07, 6.45) is 0. The Hall–Kier alpha value is -3.28. The molecule has 114 valence electrons. The first-order valence-electron chi connectivity index (χ1n) is 7.12. The van der Waals surface area contributed by atoms with Crippen molar-refractivity contribution in [1.82, 2.24) is 20.2 Å². The number of phenols is 1. The summed E-state index contributed by atoms with van der Waals surface area (Å²) in [5, 5.41) is 18.0. The maximum atomic E-state index is 9.67. The first kappa shape index (κ1) is 13.4. The minimum absolute atomic E-state index is 0.0858. The van der Waals surface area contributed by atoms with Gasteiger partial charge in [0, 0.05) is 16.5 Å². The van der Waals surface area contributed by atoms with Crippen molar-refractivity contribution in [2.75, 3.05) is 7.11 Å². The van der Waals surface area contributed by atoms with Crippen LogP contribution >= 0.6 is 0 Å². The Balaban J connectivity index is 1.74. The van der Waals surface area contributed by atoms with E-state index in [0.29, 0.717) is 17.4 Å². The van der Waals surface area contributed by atoms with Crippen molar-refractivity contribution in [3.8, 4) is 34.4 Å². The van der Waals surface area contributed by atoms with Gasteiger partial charge in [-0.2, -0.15) is 5.10 Å². The van der Waals surface area contributed by atoms with Gasteiger partial charge < -0.3 is 14.8 Å².